The standard InChI is InChI=1S/C16H21NO2/c1-13(15-9-3-2-4-10-15)17(16(19)12-18)11-14-7-5-6-8-14/h2-4,7,9-10,13,18H,5-6,8,11-12H2,1H3/t13-/m0/s1. The number of hydrogen-bond donors (Lipinski definition) is 1. The number of nitrogens with zero attached hydrogens (tertiary/aromatic N) is 1. The monoisotopic (exact) mass is 259 g/mol. The molecule has 1 aromatic carbocycles. The van der Waals surface area contributed by atoms with E-state index in [2.05, 4.69) is 6.08 Å². The Morgan fingerprint density at radius 3 is 2.68 bits per heavy atom. The largest absolute Gasteiger partial charge is 0.387 e. The summed E-state index contributed by atoms with van der Waals surface area (Å²) in [5, 5.41) is 9.16. The van der Waals surface area contributed by atoms with Gasteiger partial charge in [0.25, 0.3) is 0 Å². The van der Waals surface area contributed by atoms with Crippen molar-refractivity contribution in [2.75, 3.05) is 13.2 Å². The van der Waals surface area contributed by atoms with Crippen LogP contribution in [0.2, 0.25) is 0 Å². The Balaban J connectivity index is 2.15. The number of aliphatic hydroxyl groups is 1. The molecule has 0 heterocycles. The highest BCUT2D eigenvalue weighted by atomic mass is 16.3. The summed E-state index contributed by atoms with van der Waals surface area (Å²) >= 11 is 0. The molecule has 3 heteroatoms. The second-order valence-electron chi connectivity index (χ2n) is 5.02. The van der Waals surface area contributed by atoms with Gasteiger partial charge >= 0.3 is 0 Å². The Labute approximate surface area is 114 Å². The first-order valence-electron chi connectivity index (χ1n) is 6.85. The van der Waals surface area contributed by atoms with Crippen LogP contribution in [0.5, 0.6) is 0 Å². The summed E-state index contributed by atoms with van der Waals surface area (Å²) in [6.45, 7) is 2.22. The third-order valence-corrected chi connectivity index (χ3v) is 3.71. The summed E-state index contributed by atoms with van der Waals surface area (Å²) in [5.41, 5.74) is 2.41. The fraction of sp³-hybridized carbons (Fsp3) is 0.438. The Hall–Kier alpha value is -1.61. The lowest BCUT2D eigenvalue weighted by Gasteiger charge is -2.29. The number of aliphatic hydroxyl groups excluding tert-OH is 1. The van der Waals surface area contributed by atoms with Crippen LogP contribution in [0, 0.1) is 0 Å². The average molecular weight is 259 g/mol. The Kier molecular flexibility index (Phi) is 4.74. The van der Waals surface area contributed by atoms with Gasteiger partial charge < -0.3 is 10.0 Å². The number of carbonyl (C=O) groups excluding carboxylic acids is 1. The third-order valence-electron chi connectivity index (χ3n) is 3.71. The van der Waals surface area contributed by atoms with Crippen molar-refractivity contribution in [2.24, 2.45) is 0 Å². The number of rotatable bonds is 5. The topological polar surface area (TPSA) is 40.5 Å². The van der Waals surface area contributed by atoms with Gasteiger partial charge in [0.05, 0.1) is 6.04 Å². The van der Waals surface area contributed by atoms with Crippen LogP contribution in [0.1, 0.15) is 37.8 Å². The highest BCUT2D eigenvalue weighted by molar-refractivity contribution is 5.78. The molecule has 0 aromatic heterocycles. The summed E-state index contributed by atoms with van der Waals surface area (Å²) in [7, 11) is 0. The fourth-order valence-corrected chi connectivity index (χ4v) is 2.54. The van der Waals surface area contributed by atoms with Gasteiger partial charge in [-0.3, -0.25) is 4.79 Å². The fourth-order valence-electron chi connectivity index (χ4n) is 2.54. The molecular formula is C16H21NO2. The second-order valence-corrected chi connectivity index (χ2v) is 5.02. The highest BCUT2D eigenvalue weighted by Gasteiger charge is 2.22. The van der Waals surface area contributed by atoms with Gasteiger partial charge in [0.15, 0.2) is 0 Å². The lowest BCUT2D eigenvalue weighted by molar-refractivity contribution is -0.135. The molecule has 1 aromatic rings. The van der Waals surface area contributed by atoms with Crippen LogP contribution in [0.4, 0.5) is 0 Å². The minimum Gasteiger partial charge on any atom is -0.387 e. The van der Waals surface area contributed by atoms with E-state index in [1.165, 1.54) is 12.0 Å². The summed E-state index contributed by atoms with van der Waals surface area (Å²) in [5.74, 6) is -0.204. The Morgan fingerprint density at radius 2 is 2.11 bits per heavy atom. The van der Waals surface area contributed by atoms with E-state index in [1.807, 2.05) is 37.3 Å². The molecule has 1 atom stereocenters. The molecule has 1 amide bonds. The van der Waals surface area contributed by atoms with Crippen molar-refractivity contribution in [3.05, 3.63) is 47.5 Å². The van der Waals surface area contributed by atoms with E-state index >= 15 is 0 Å². The Morgan fingerprint density at radius 1 is 1.37 bits per heavy atom. The van der Waals surface area contributed by atoms with Crippen molar-refractivity contribution in [1.82, 2.24) is 4.90 Å². The molecule has 0 spiro atoms. The van der Waals surface area contributed by atoms with Gasteiger partial charge in [-0.1, -0.05) is 42.0 Å². The lowest BCUT2D eigenvalue weighted by atomic mass is 10.1. The molecule has 3 nitrogen and oxygen atoms in total. The smallest absolute Gasteiger partial charge is 0.249 e. The normalized spacial score (nSPS) is 16.0. The van der Waals surface area contributed by atoms with Gasteiger partial charge in [-0.25, -0.2) is 0 Å². The molecule has 2 rings (SSSR count). The molecule has 1 aliphatic carbocycles. The van der Waals surface area contributed by atoms with Crippen LogP contribution in [0.15, 0.2) is 42.0 Å². The lowest BCUT2D eigenvalue weighted by Crippen LogP contribution is -2.37. The van der Waals surface area contributed by atoms with E-state index in [1.54, 1.807) is 4.90 Å². The average Bonchev–Trinajstić information content (AvgIpc) is 2.97. The van der Waals surface area contributed by atoms with Crippen LogP contribution >= 0.6 is 0 Å². The number of carbonyl (C=O) groups is 1. The van der Waals surface area contributed by atoms with Crippen LogP contribution in [-0.4, -0.2) is 29.1 Å². The van der Waals surface area contributed by atoms with Crippen molar-refractivity contribution in [3.63, 3.8) is 0 Å². The minimum absolute atomic E-state index is 0.0117. The van der Waals surface area contributed by atoms with Crippen LogP contribution in [0.3, 0.4) is 0 Å². The zero-order valence-corrected chi connectivity index (χ0v) is 11.4. The summed E-state index contributed by atoms with van der Waals surface area (Å²) < 4.78 is 0. The van der Waals surface area contributed by atoms with E-state index in [9.17, 15) is 4.79 Å². The van der Waals surface area contributed by atoms with Gasteiger partial charge in [0.2, 0.25) is 5.91 Å². The number of benzene rings is 1. The van der Waals surface area contributed by atoms with Crippen molar-refractivity contribution >= 4 is 5.91 Å². The minimum atomic E-state index is -0.426. The number of hydrogen-bond acceptors (Lipinski definition) is 2. The van der Waals surface area contributed by atoms with Crippen molar-refractivity contribution < 1.29 is 9.90 Å². The zero-order valence-electron chi connectivity index (χ0n) is 11.4. The maximum absolute atomic E-state index is 12.0. The number of allylic oxidation sites excluding steroid dienone is 1. The van der Waals surface area contributed by atoms with Crippen molar-refractivity contribution in [1.29, 1.82) is 0 Å². The molecule has 1 aliphatic rings. The third kappa shape index (κ3) is 3.44. The highest BCUT2D eigenvalue weighted by Crippen LogP contribution is 2.25. The molecule has 0 aliphatic heterocycles. The van der Waals surface area contributed by atoms with Crippen molar-refractivity contribution in [2.45, 2.75) is 32.2 Å². The molecule has 0 fully saturated rings. The number of amides is 1. The summed E-state index contributed by atoms with van der Waals surface area (Å²) in [6, 6.07) is 9.94. The first-order valence-corrected chi connectivity index (χ1v) is 6.85. The van der Waals surface area contributed by atoms with Gasteiger partial charge in [-0.05, 0) is 31.7 Å². The zero-order chi connectivity index (χ0) is 13.7. The van der Waals surface area contributed by atoms with Crippen molar-refractivity contribution in [3.8, 4) is 0 Å². The molecule has 0 bridgehead atoms. The van der Waals surface area contributed by atoms with E-state index < -0.39 is 6.61 Å². The van der Waals surface area contributed by atoms with Gasteiger partial charge in [-0.15, -0.1) is 0 Å². The van der Waals surface area contributed by atoms with E-state index in [-0.39, 0.29) is 11.9 Å². The predicted molar refractivity (Wildman–Crippen MR) is 75.6 cm³/mol. The van der Waals surface area contributed by atoms with E-state index in [4.69, 9.17) is 5.11 Å². The molecule has 0 unspecified atom stereocenters. The quantitative estimate of drug-likeness (QED) is 0.826. The maximum atomic E-state index is 12.0. The first-order chi connectivity index (χ1) is 9.22. The van der Waals surface area contributed by atoms with Crippen LogP contribution in [0.25, 0.3) is 0 Å². The summed E-state index contributed by atoms with van der Waals surface area (Å²) in [4.78, 5) is 13.7. The molecular weight excluding hydrogens is 238 g/mol. The SMILES string of the molecule is C[C@@H](c1ccccc1)N(CC1=CCCC1)C(=O)CO. The Bertz CT molecular complexity index is 453. The van der Waals surface area contributed by atoms with Crippen LogP contribution in [-0.2, 0) is 4.79 Å². The maximum Gasteiger partial charge on any atom is 0.249 e. The van der Waals surface area contributed by atoms with E-state index in [0.717, 1.165) is 18.4 Å². The van der Waals surface area contributed by atoms with E-state index in [0.29, 0.717) is 6.54 Å². The molecule has 102 valence electrons. The molecule has 0 radical (unpaired) electrons. The molecule has 19 heavy (non-hydrogen) atoms. The molecule has 1 N–H and O–H groups in total. The molecule has 0 saturated heterocycles. The predicted octanol–water partition coefficient (Wildman–Crippen LogP) is 2.68. The van der Waals surface area contributed by atoms with Crippen LogP contribution < -0.4 is 0 Å². The van der Waals surface area contributed by atoms with Gasteiger partial charge in [0.1, 0.15) is 6.61 Å². The second kappa shape index (κ2) is 6.53. The molecule has 0 saturated carbocycles. The summed E-state index contributed by atoms with van der Waals surface area (Å²) in [6.07, 6.45) is 5.57. The van der Waals surface area contributed by atoms with Gasteiger partial charge in [0, 0.05) is 6.54 Å². The first kappa shape index (κ1) is 13.8. The van der Waals surface area contributed by atoms with Gasteiger partial charge in [-0.2, -0.15) is 0 Å².